The van der Waals surface area contributed by atoms with Gasteiger partial charge in [0.2, 0.25) is 0 Å². The highest BCUT2D eigenvalue weighted by molar-refractivity contribution is 5.74. The summed E-state index contributed by atoms with van der Waals surface area (Å²) in [5.41, 5.74) is 0. The Morgan fingerprint density at radius 1 is 1.47 bits per heavy atom. The number of carbonyl (C=O) groups is 1. The van der Waals surface area contributed by atoms with Crippen molar-refractivity contribution < 1.29 is 9.90 Å². The Bertz CT molecular complexity index is 244. The van der Waals surface area contributed by atoms with Crippen molar-refractivity contribution in [2.45, 2.75) is 58.6 Å². The first-order valence-electron chi connectivity index (χ1n) is 6.75. The molecule has 1 fully saturated rings. The molecule has 0 aromatic carbocycles. The van der Waals surface area contributed by atoms with Crippen molar-refractivity contribution in [3.05, 3.63) is 0 Å². The van der Waals surface area contributed by atoms with Crippen molar-refractivity contribution in [3.63, 3.8) is 0 Å². The van der Waals surface area contributed by atoms with Gasteiger partial charge in [0.15, 0.2) is 0 Å². The van der Waals surface area contributed by atoms with Gasteiger partial charge in [-0.05, 0) is 38.0 Å². The largest absolute Gasteiger partial charge is 0.393 e. The summed E-state index contributed by atoms with van der Waals surface area (Å²) >= 11 is 0. The summed E-state index contributed by atoms with van der Waals surface area (Å²) in [6.07, 6.45) is 3.96. The van der Waals surface area contributed by atoms with Gasteiger partial charge < -0.3 is 15.7 Å². The Morgan fingerprint density at radius 3 is 2.76 bits per heavy atom. The van der Waals surface area contributed by atoms with Gasteiger partial charge in [0, 0.05) is 12.6 Å². The second-order valence-electron chi connectivity index (χ2n) is 5.44. The molecule has 4 unspecified atom stereocenters. The van der Waals surface area contributed by atoms with Gasteiger partial charge in [-0.15, -0.1) is 0 Å². The quantitative estimate of drug-likeness (QED) is 0.638. The summed E-state index contributed by atoms with van der Waals surface area (Å²) in [6.45, 7) is 6.61. The monoisotopic (exact) mass is 242 g/mol. The first-order valence-corrected chi connectivity index (χ1v) is 6.75. The molecule has 0 aromatic rings. The second kappa shape index (κ2) is 6.84. The van der Waals surface area contributed by atoms with Gasteiger partial charge in [0.25, 0.3) is 0 Å². The maximum absolute atomic E-state index is 11.5. The first kappa shape index (κ1) is 14.3. The lowest BCUT2D eigenvalue weighted by Gasteiger charge is -2.14. The molecule has 0 aromatic heterocycles. The number of hydrogen-bond acceptors (Lipinski definition) is 2. The number of hydrogen-bond donors (Lipinski definition) is 3. The highest BCUT2D eigenvalue weighted by atomic mass is 16.3. The van der Waals surface area contributed by atoms with Crippen LogP contribution in [0.2, 0.25) is 0 Å². The van der Waals surface area contributed by atoms with E-state index in [2.05, 4.69) is 17.6 Å². The topological polar surface area (TPSA) is 61.4 Å². The molecule has 17 heavy (non-hydrogen) atoms. The average molecular weight is 242 g/mol. The summed E-state index contributed by atoms with van der Waals surface area (Å²) < 4.78 is 0. The van der Waals surface area contributed by atoms with Crippen LogP contribution in [0, 0.1) is 11.8 Å². The Hall–Kier alpha value is -0.770. The molecule has 4 nitrogen and oxygen atoms in total. The molecule has 0 heterocycles. The Morgan fingerprint density at radius 2 is 2.18 bits per heavy atom. The fourth-order valence-electron chi connectivity index (χ4n) is 2.27. The van der Waals surface area contributed by atoms with Crippen LogP contribution in [0.15, 0.2) is 0 Å². The molecule has 100 valence electrons. The van der Waals surface area contributed by atoms with Gasteiger partial charge >= 0.3 is 6.03 Å². The third-order valence-electron chi connectivity index (χ3n) is 3.25. The van der Waals surface area contributed by atoms with E-state index in [9.17, 15) is 9.90 Å². The molecule has 1 rings (SSSR count). The van der Waals surface area contributed by atoms with Crippen LogP contribution in [-0.2, 0) is 0 Å². The van der Waals surface area contributed by atoms with E-state index in [0.717, 1.165) is 12.8 Å². The minimum atomic E-state index is -0.299. The van der Waals surface area contributed by atoms with Gasteiger partial charge in [-0.25, -0.2) is 4.79 Å². The highest BCUT2D eigenvalue weighted by Gasteiger charge is 2.37. The number of aliphatic hydroxyl groups excluding tert-OH is 1. The zero-order chi connectivity index (χ0) is 12.8. The predicted molar refractivity (Wildman–Crippen MR) is 68.8 cm³/mol. The van der Waals surface area contributed by atoms with E-state index in [4.69, 9.17) is 0 Å². The van der Waals surface area contributed by atoms with Gasteiger partial charge in [-0.1, -0.05) is 20.3 Å². The minimum Gasteiger partial charge on any atom is -0.393 e. The number of rotatable bonds is 7. The molecule has 4 atom stereocenters. The van der Waals surface area contributed by atoms with E-state index in [1.165, 1.54) is 12.8 Å². The summed E-state index contributed by atoms with van der Waals surface area (Å²) in [4.78, 5) is 11.5. The standard InChI is InChI=1S/C13H26N2O2/c1-4-5-11-7-12(11)15-13(17)14-8-9(2)6-10(3)16/h9-12,16H,4-8H2,1-3H3,(H2,14,15,17). The highest BCUT2D eigenvalue weighted by Crippen LogP contribution is 2.34. The Kier molecular flexibility index (Phi) is 5.75. The van der Waals surface area contributed by atoms with E-state index < -0.39 is 0 Å². The molecule has 3 N–H and O–H groups in total. The summed E-state index contributed by atoms with van der Waals surface area (Å²) in [5, 5.41) is 15.1. The van der Waals surface area contributed by atoms with Crippen molar-refractivity contribution >= 4 is 6.03 Å². The number of carbonyl (C=O) groups excluding carboxylic acids is 1. The zero-order valence-corrected chi connectivity index (χ0v) is 11.2. The van der Waals surface area contributed by atoms with Gasteiger partial charge in [0.1, 0.15) is 0 Å². The fraction of sp³-hybridized carbons (Fsp3) is 0.923. The van der Waals surface area contributed by atoms with E-state index in [0.29, 0.717) is 24.4 Å². The van der Waals surface area contributed by atoms with Crippen molar-refractivity contribution in [3.8, 4) is 0 Å². The van der Waals surface area contributed by atoms with Gasteiger partial charge in [-0.2, -0.15) is 0 Å². The SMILES string of the molecule is CCCC1CC1NC(=O)NCC(C)CC(C)O. The maximum atomic E-state index is 11.5. The molecule has 0 saturated heterocycles. The molecular formula is C13H26N2O2. The third kappa shape index (κ3) is 5.91. The van der Waals surface area contributed by atoms with E-state index in [1.54, 1.807) is 6.92 Å². The molecule has 4 heteroatoms. The summed E-state index contributed by atoms with van der Waals surface area (Å²) in [6, 6.07) is 0.327. The molecule has 1 aliphatic carbocycles. The maximum Gasteiger partial charge on any atom is 0.315 e. The van der Waals surface area contributed by atoms with Crippen LogP contribution in [0.3, 0.4) is 0 Å². The van der Waals surface area contributed by atoms with Gasteiger partial charge in [-0.3, -0.25) is 0 Å². The van der Waals surface area contributed by atoms with Crippen LogP contribution in [0.25, 0.3) is 0 Å². The van der Waals surface area contributed by atoms with E-state index in [-0.39, 0.29) is 12.1 Å². The smallest absolute Gasteiger partial charge is 0.315 e. The normalized spacial score (nSPS) is 26.1. The van der Waals surface area contributed by atoms with Crippen LogP contribution in [-0.4, -0.2) is 29.8 Å². The molecular weight excluding hydrogens is 216 g/mol. The lowest BCUT2D eigenvalue weighted by Crippen LogP contribution is -2.39. The number of urea groups is 1. The van der Waals surface area contributed by atoms with Crippen LogP contribution in [0.4, 0.5) is 4.79 Å². The molecule has 0 bridgehead atoms. The first-order chi connectivity index (χ1) is 8.02. The van der Waals surface area contributed by atoms with Crippen molar-refractivity contribution in [1.82, 2.24) is 10.6 Å². The molecule has 2 amide bonds. The number of aliphatic hydroxyl groups is 1. The van der Waals surface area contributed by atoms with Crippen LogP contribution < -0.4 is 10.6 Å². The minimum absolute atomic E-state index is 0.0638. The lowest BCUT2D eigenvalue weighted by atomic mass is 10.1. The fourth-order valence-corrected chi connectivity index (χ4v) is 2.27. The lowest BCUT2D eigenvalue weighted by molar-refractivity contribution is 0.163. The van der Waals surface area contributed by atoms with Gasteiger partial charge in [0.05, 0.1) is 6.10 Å². The van der Waals surface area contributed by atoms with Crippen LogP contribution >= 0.6 is 0 Å². The summed E-state index contributed by atoms with van der Waals surface area (Å²) in [5.74, 6) is 1.01. The zero-order valence-electron chi connectivity index (χ0n) is 11.2. The van der Waals surface area contributed by atoms with Crippen molar-refractivity contribution in [1.29, 1.82) is 0 Å². The van der Waals surface area contributed by atoms with Crippen LogP contribution in [0.5, 0.6) is 0 Å². The molecule has 1 aliphatic rings. The average Bonchev–Trinajstić information content (AvgIpc) is 2.93. The van der Waals surface area contributed by atoms with Crippen LogP contribution in [0.1, 0.15) is 46.5 Å². The number of amides is 2. The molecule has 0 spiro atoms. The van der Waals surface area contributed by atoms with E-state index >= 15 is 0 Å². The Labute approximate surface area is 104 Å². The Balaban J connectivity index is 2.06. The second-order valence-corrected chi connectivity index (χ2v) is 5.44. The van der Waals surface area contributed by atoms with Crippen molar-refractivity contribution in [2.75, 3.05) is 6.54 Å². The molecule has 1 saturated carbocycles. The molecule has 0 radical (unpaired) electrons. The van der Waals surface area contributed by atoms with Crippen molar-refractivity contribution in [2.24, 2.45) is 11.8 Å². The third-order valence-corrected chi connectivity index (χ3v) is 3.25. The van der Waals surface area contributed by atoms with E-state index in [1.807, 2.05) is 6.92 Å². The number of nitrogens with one attached hydrogen (secondary N) is 2. The summed E-state index contributed by atoms with van der Waals surface area (Å²) in [7, 11) is 0. The predicted octanol–water partition coefficient (Wildman–Crippen LogP) is 1.88. The molecule has 0 aliphatic heterocycles.